The van der Waals surface area contributed by atoms with E-state index in [0.717, 1.165) is 32.7 Å². The summed E-state index contributed by atoms with van der Waals surface area (Å²) in [7, 11) is 1.68. The summed E-state index contributed by atoms with van der Waals surface area (Å²) in [5.74, 6) is 0.677. The first kappa shape index (κ1) is 13.9. The van der Waals surface area contributed by atoms with Crippen LogP contribution in [0.25, 0.3) is 0 Å². The number of methoxy groups -OCH3 is 1. The van der Waals surface area contributed by atoms with E-state index in [0.29, 0.717) is 25.2 Å². The van der Waals surface area contributed by atoms with Crippen LogP contribution in [0.3, 0.4) is 0 Å². The SMILES string of the molecule is COCCOCCCOC1CNCCC1C. The fourth-order valence-corrected chi connectivity index (χ4v) is 1.82. The Hall–Kier alpha value is -0.160. The lowest BCUT2D eigenvalue weighted by molar-refractivity contribution is -0.00959. The first-order valence-corrected chi connectivity index (χ1v) is 6.23. The number of rotatable bonds is 8. The summed E-state index contributed by atoms with van der Waals surface area (Å²) >= 11 is 0. The molecule has 2 atom stereocenters. The van der Waals surface area contributed by atoms with E-state index in [-0.39, 0.29) is 0 Å². The van der Waals surface area contributed by atoms with E-state index in [9.17, 15) is 0 Å². The molecule has 0 aromatic carbocycles. The van der Waals surface area contributed by atoms with Crippen LogP contribution in [0.4, 0.5) is 0 Å². The van der Waals surface area contributed by atoms with Gasteiger partial charge in [0.15, 0.2) is 0 Å². The molecule has 0 aromatic heterocycles. The lowest BCUT2D eigenvalue weighted by Gasteiger charge is -2.29. The second-order valence-electron chi connectivity index (χ2n) is 4.34. The van der Waals surface area contributed by atoms with Crippen molar-refractivity contribution in [2.75, 3.05) is 46.6 Å². The topological polar surface area (TPSA) is 39.7 Å². The van der Waals surface area contributed by atoms with Gasteiger partial charge in [-0.3, -0.25) is 0 Å². The molecular formula is C12H25NO3. The number of hydrogen-bond acceptors (Lipinski definition) is 4. The van der Waals surface area contributed by atoms with Crippen molar-refractivity contribution in [3.63, 3.8) is 0 Å². The zero-order valence-electron chi connectivity index (χ0n) is 10.5. The molecule has 1 rings (SSSR count). The van der Waals surface area contributed by atoms with E-state index < -0.39 is 0 Å². The third kappa shape index (κ3) is 5.80. The Morgan fingerprint density at radius 3 is 2.81 bits per heavy atom. The van der Waals surface area contributed by atoms with Crippen LogP contribution >= 0.6 is 0 Å². The molecule has 4 heteroatoms. The monoisotopic (exact) mass is 231 g/mol. The highest BCUT2D eigenvalue weighted by Crippen LogP contribution is 2.14. The van der Waals surface area contributed by atoms with E-state index in [1.807, 2.05) is 0 Å². The van der Waals surface area contributed by atoms with Gasteiger partial charge in [0, 0.05) is 26.9 Å². The summed E-state index contributed by atoms with van der Waals surface area (Å²) in [5, 5.41) is 3.36. The van der Waals surface area contributed by atoms with Crippen molar-refractivity contribution in [1.82, 2.24) is 5.32 Å². The van der Waals surface area contributed by atoms with Crippen molar-refractivity contribution in [3.05, 3.63) is 0 Å². The number of ether oxygens (including phenoxy) is 3. The van der Waals surface area contributed by atoms with Crippen LogP contribution in [0.5, 0.6) is 0 Å². The first-order valence-electron chi connectivity index (χ1n) is 6.23. The van der Waals surface area contributed by atoms with Gasteiger partial charge >= 0.3 is 0 Å². The molecule has 0 saturated carbocycles. The molecule has 1 heterocycles. The van der Waals surface area contributed by atoms with Gasteiger partial charge in [0.25, 0.3) is 0 Å². The van der Waals surface area contributed by atoms with Gasteiger partial charge in [-0.1, -0.05) is 6.92 Å². The van der Waals surface area contributed by atoms with Crippen LogP contribution in [-0.4, -0.2) is 52.7 Å². The Morgan fingerprint density at radius 1 is 1.19 bits per heavy atom. The normalized spacial score (nSPS) is 25.9. The molecule has 4 nitrogen and oxygen atoms in total. The predicted octanol–water partition coefficient (Wildman–Crippen LogP) is 1.05. The van der Waals surface area contributed by atoms with Crippen LogP contribution in [0.15, 0.2) is 0 Å². The second-order valence-corrected chi connectivity index (χ2v) is 4.34. The van der Waals surface area contributed by atoms with Crippen molar-refractivity contribution in [2.24, 2.45) is 5.92 Å². The molecule has 16 heavy (non-hydrogen) atoms. The maximum absolute atomic E-state index is 5.83. The van der Waals surface area contributed by atoms with Crippen molar-refractivity contribution in [2.45, 2.75) is 25.9 Å². The Labute approximate surface area is 98.6 Å². The van der Waals surface area contributed by atoms with Crippen LogP contribution < -0.4 is 5.32 Å². The van der Waals surface area contributed by atoms with Gasteiger partial charge in [0.2, 0.25) is 0 Å². The lowest BCUT2D eigenvalue weighted by atomic mass is 9.97. The molecule has 1 N–H and O–H groups in total. The standard InChI is InChI=1S/C12H25NO3/c1-11-4-5-13-10-12(11)16-7-3-6-15-9-8-14-2/h11-13H,3-10H2,1-2H3. The summed E-state index contributed by atoms with van der Waals surface area (Å²) in [4.78, 5) is 0. The Morgan fingerprint density at radius 2 is 2.06 bits per heavy atom. The van der Waals surface area contributed by atoms with Crippen molar-refractivity contribution in [1.29, 1.82) is 0 Å². The minimum absolute atomic E-state index is 0.382. The third-order valence-corrected chi connectivity index (χ3v) is 2.95. The van der Waals surface area contributed by atoms with E-state index in [4.69, 9.17) is 14.2 Å². The Balaban J connectivity index is 1.90. The maximum Gasteiger partial charge on any atom is 0.0725 e. The van der Waals surface area contributed by atoms with E-state index >= 15 is 0 Å². The fraction of sp³-hybridized carbons (Fsp3) is 1.00. The van der Waals surface area contributed by atoms with Crippen molar-refractivity contribution in [3.8, 4) is 0 Å². The summed E-state index contributed by atoms with van der Waals surface area (Å²) in [6.07, 6.45) is 2.56. The summed E-state index contributed by atoms with van der Waals surface area (Å²) in [6.45, 7) is 7.29. The van der Waals surface area contributed by atoms with Crippen LogP contribution in [0, 0.1) is 5.92 Å². The molecule has 0 aliphatic carbocycles. The molecule has 0 amide bonds. The molecule has 2 unspecified atom stereocenters. The first-order chi connectivity index (χ1) is 7.84. The summed E-state index contributed by atoms with van der Waals surface area (Å²) in [5.41, 5.74) is 0. The molecule has 1 aliphatic heterocycles. The molecule has 96 valence electrons. The highest BCUT2D eigenvalue weighted by Gasteiger charge is 2.20. The molecule has 1 fully saturated rings. The minimum Gasteiger partial charge on any atom is -0.382 e. The van der Waals surface area contributed by atoms with Gasteiger partial charge < -0.3 is 19.5 Å². The van der Waals surface area contributed by atoms with Crippen molar-refractivity contribution >= 4 is 0 Å². The molecular weight excluding hydrogens is 206 g/mol. The van der Waals surface area contributed by atoms with E-state index in [1.165, 1.54) is 6.42 Å². The van der Waals surface area contributed by atoms with Gasteiger partial charge in [-0.2, -0.15) is 0 Å². The largest absolute Gasteiger partial charge is 0.382 e. The molecule has 1 aliphatic rings. The molecule has 1 saturated heterocycles. The average molecular weight is 231 g/mol. The van der Waals surface area contributed by atoms with E-state index in [1.54, 1.807) is 7.11 Å². The predicted molar refractivity (Wildman–Crippen MR) is 63.7 cm³/mol. The van der Waals surface area contributed by atoms with Gasteiger partial charge in [-0.25, -0.2) is 0 Å². The molecule has 0 radical (unpaired) electrons. The zero-order valence-corrected chi connectivity index (χ0v) is 10.5. The minimum atomic E-state index is 0.382. The number of hydrogen-bond donors (Lipinski definition) is 1. The van der Waals surface area contributed by atoms with E-state index in [2.05, 4.69) is 12.2 Å². The summed E-state index contributed by atoms with van der Waals surface area (Å²) < 4.78 is 16.1. The summed E-state index contributed by atoms with van der Waals surface area (Å²) in [6, 6.07) is 0. The van der Waals surface area contributed by atoms with Crippen LogP contribution in [0.2, 0.25) is 0 Å². The smallest absolute Gasteiger partial charge is 0.0725 e. The number of piperidine rings is 1. The van der Waals surface area contributed by atoms with Crippen LogP contribution in [-0.2, 0) is 14.2 Å². The van der Waals surface area contributed by atoms with Crippen LogP contribution in [0.1, 0.15) is 19.8 Å². The fourth-order valence-electron chi connectivity index (χ4n) is 1.82. The second kappa shape index (κ2) is 8.93. The molecule has 0 bridgehead atoms. The Bertz CT molecular complexity index is 166. The third-order valence-electron chi connectivity index (χ3n) is 2.95. The van der Waals surface area contributed by atoms with Gasteiger partial charge in [0.1, 0.15) is 0 Å². The average Bonchev–Trinajstić information content (AvgIpc) is 2.30. The molecule has 0 aromatic rings. The zero-order chi connectivity index (χ0) is 11.6. The highest BCUT2D eigenvalue weighted by atomic mass is 16.5. The van der Waals surface area contributed by atoms with Gasteiger partial charge in [0.05, 0.1) is 19.3 Å². The van der Waals surface area contributed by atoms with Gasteiger partial charge in [-0.15, -0.1) is 0 Å². The lowest BCUT2D eigenvalue weighted by Crippen LogP contribution is -2.41. The Kier molecular flexibility index (Phi) is 7.76. The molecule has 0 spiro atoms. The van der Waals surface area contributed by atoms with Gasteiger partial charge in [-0.05, 0) is 25.3 Å². The number of nitrogens with one attached hydrogen (secondary N) is 1. The highest BCUT2D eigenvalue weighted by molar-refractivity contribution is 4.75. The maximum atomic E-state index is 5.83. The quantitative estimate of drug-likeness (QED) is 0.634. The van der Waals surface area contributed by atoms with Crippen molar-refractivity contribution < 1.29 is 14.2 Å².